The molecule has 1 fully saturated rings. The smallest absolute Gasteiger partial charge is 0.0234 e. The molecule has 0 spiro atoms. The SMILES string of the molecule is NC1(CCc2ccccc2)CC1c1ccc(Br)cc1. The van der Waals surface area contributed by atoms with Gasteiger partial charge in [-0.25, -0.2) is 0 Å². The first-order valence-electron chi connectivity index (χ1n) is 6.76. The van der Waals surface area contributed by atoms with E-state index in [1.54, 1.807) is 0 Å². The van der Waals surface area contributed by atoms with Crippen molar-refractivity contribution in [1.82, 2.24) is 0 Å². The average Bonchev–Trinajstić information content (AvgIpc) is 3.11. The zero-order valence-electron chi connectivity index (χ0n) is 10.9. The molecule has 2 N–H and O–H groups in total. The van der Waals surface area contributed by atoms with Crippen molar-refractivity contribution in [3.05, 3.63) is 70.2 Å². The molecule has 0 aromatic heterocycles. The molecule has 3 rings (SSSR count). The number of benzene rings is 2. The highest BCUT2D eigenvalue weighted by atomic mass is 79.9. The van der Waals surface area contributed by atoms with Crippen LogP contribution in [0.25, 0.3) is 0 Å². The van der Waals surface area contributed by atoms with E-state index in [9.17, 15) is 0 Å². The molecule has 1 saturated carbocycles. The summed E-state index contributed by atoms with van der Waals surface area (Å²) in [4.78, 5) is 0. The zero-order chi connectivity index (χ0) is 13.3. The molecular formula is C17H18BrN. The van der Waals surface area contributed by atoms with Gasteiger partial charge in [-0.15, -0.1) is 0 Å². The van der Waals surface area contributed by atoms with Gasteiger partial charge in [0.25, 0.3) is 0 Å². The van der Waals surface area contributed by atoms with Gasteiger partial charge in [-0.2, -0.15) is 0 Å². The number of nitrogens with two attached hydrogens (primary N) is 1. The third-order valence-corrected chi connectivity index (χ3v) is 4.64. The molecule has 0 aliphatic heterocycles. The predicted octanol–water partition coefficient (Wildman–Crippen LogP) is 4.27. The Morgan fingerprint density at radius 3 is 2.42 bits per heavy atom. The van der Waals surface area contributed by atoms with Crippen molar-refractivity contribution < 1.29 is 0 Å². The normalized spacial score (nSPS) is 25.3. The third kappa shape index (κ3) is 2.90. The Hall–Kier alpha value is -1.12. The van der Waals surface area contributed by atoms with Crippen molar-refractivity contribution in [2.75, 3.05) is 0 Å². The lowest BCUT2D eigenvalue weighted by molar-refractivity contribution is 0.589. The lowest BCUT2D eigenvalue weighted by Gasteiger charge is -2.12. The Bertz CT molecular complexity index is 549. The van der Waals surface area contributed by atoms with Gasteiger partial charge in [0.1, 0.15) is 0 Å². The van der Waals surface area contributed by atoms with Crippen LogP contribution in [0.2, 0.25) is 0 Å². The fourth-order valence-electron chi connectivity index (χ4n) is 2.76. The summed E-state index contributed by atoms with van der Waals surface area (Å²) >= 11 is 3.47. The number of aryl methyl sites for hydroxylation is 1. The molecule has 2 aromatic carbocycles. The summed E-state index contributed by atoms with van der Waals surface area (Å²) in [7, 11) is 0. The number of hydrogen-bond acceptors (Lipinski definition) is 1. The fraction of sp³-hybridized carbons (Fsp3) is 0.294. The molecule has 0 amide bonds. The summed E-state index contributed by atoms with van der Waals surface area (Å²) in [5.74, 6) is 0.532. The largest absolute Gasteiger partial charge is 0.325 e. The minimum absolute atomic E-state index is 0.00364. The second-order valence-corrected chi connectivity index (χ2v) is 6.44. The van der Waals surface area contributed by atoms with Crippen LogP contribution >= 0.6 is 15.9 Å². The monoisotopic (exact) mass is 315 g/mol. The van der Waals surface area contributed by atoms with E-state index in [1.165, 1.54) is 11.1 Å². The Kier molecular flexibility index (Phi) is 3.46. The first kappa shape index (κ1) is 12.9. The van der Waals surface area contributed by atoms with Gasteiger partial charge in [0, 0.05) is 15.9 Å². The summed E-state index contributed by atoms with van der Waals surface area (Å²) in [6.45, 7) is 0. The van der Waals surface area contributed by atoms with Crippen molar-refractivity contribution in [1.29, 1.82) is 0 Å². The molecule has 2 heteroatoms. The minimum Gasteiger partial charge on any atom is -0.325 e. The second kappa shape index (κ2) is 5.10. The van der Waals surface area contributed by atoms with Crippen LogP contribution in [0.5, 0.6) is 0 Å². The van der Waals surface area contributed by atoms with E-state index in [2.05, 4.69) is 70.5 Å². The minimum atomic E-state index is 0.00364. The van der Waals surface area contributed by atoms with Crippen LogP contribution in [-0.2, 0) is 6.42 Å². The summed E-state index contributed by atoms with van der Waals surface area (Å²) < 4.78 is 1.13. The first-order chi connectivity index (χ1) is 9.17. The molecule has 1 aliphatic carbocycles. The van der Waals surface area contributed by atoms with E-state index in [0.717, 1.165) is 23.7 Å². The summed E-state index contributed by atoms with van der Waals surface area (Å²) in [6.07, 6.45) is 3.25. The van der Waals surface area contributed by atoms with Crippen LogP contribution in [0, 0.1) is 0 Å². The van der Waals surface area contributed by atoms with E-state index in [0.29, 0.717) is 5.92 Å². The van der Waals surface area contributed by atoms with Crippen molar-refractivity contribution in [3.8, 4) is 0 Å². The molecular weight excluding hydrogens is 298 g/mol. The molecule has 0 saturated heterocycles. The van der Waals surface area contributed by atoms with Gasteiger partial charge in [-0.1, -0.05) is 58.4 Å². The maximum absolute atomic E-state index is 6.50. The van der Waals surface area contributed by atoms with Crippen LogP contribution in [0.15, 0.2) is 59.1 Å². The Balaban J connectivity index is 1.62. The molecule has 2 aromatic rings. The molecule has 2 atom stereocenters. The van der Waals surface area contributed by atoms with Gasteiger partial charge in [-0.05, 0) is 42.5 Å². The fourth-order valence-corrected chi connectivity index (χ4v) is 3.03. The maximum Gasteiger partial charge on any atom is 0.0234 e. The number of rotatable bonds is 4. The van der Waals surface area contributed by atoms with Crippen molar-refractivity contribution >= 4 is 15.9 Å². The number of hydrogen-bond donors (Lipinski definition) is 1. The third-order valence-electron chi connectivity index (χ3n) is 4.11. The van der Waals surface area contributed by atoms with Crippen LogP contribution in [0.4, 0.5) is 0 Å². The molecule has 98 valence electrons. The summed E-state index contributed by atoms with van der Waals surface area (Å²) in [5, 5.41) is 0. The van der Waals surface area contributed by atoms with Gasteiger partial charge in [-0.3, -0.25) is 0 Å². The maximum atomic E-state index is 6.50. The van der Waals surface area contributed by atoms with E-state index >= 15 is 0 Å². The highest BCUT2D eigenvalue weighted by Crippen LogP contribution is 2.52. The highest BCUT2D eigenvalue weighted by Gasteiger charge is 2.50. The van der Waals surface area contributed by atoms with Gasteiger partial charge >= 0.3 is 0 Å². The topological polar surface area (TPSA) is 26.0 Å². The van der Waals surface area contributed by atoms with E-state index in [-0.39, 0.29) is 5.54 Å². The van der Waals surface area contributed by atoms with Crippen molar-refractivity contribution in [3.63, 3.8) is 0 Å². The van der Waals surface area contributed by atoms with Crippen LogP contribution in [0.3, 0.4) is 0 Å². The summed E-state index contributed by atoms with van der Waals surface area (Å²) in [6, 6.07) is 19.2. The van der Waals surface area contributed by atoms with E-state index < -0.39 is 0 Å². The van der Waals surface area contributed by atoms with Crippen molar-refractivity contribution in [2.45, 2.75) is 30.7 Å². The Morgan fingerprint density at radius 2 is 1.74 bits per heavy atom. The first-order valence-corrected chi connectivity index (χ1v) is 7.55. The van der Waals surface area contributed by atoms with Gasteiger partial charge in [0.2, 0.25) is 0 Å². The summed E-state index contributed by atoms with van der Waals surface area (Å²) in [5.41, 5.74) is 9.26. The molecule has 1 aliphatic rings. The van der Waals surface area contributed by atoms with Gasteiger partial charge in [0.05, 0.1) is 0 Å². The molecule has 0 heterocycles. The van der Waals surface area contributed by atoms with Gasteiger partial charge in [0.15, 0.2) is 0 Å². The molecule has 0 bridgehead atoms. The zero-order valence-corrected chi connectivity index (χ0v) is 12.4. The van der Waals surface area contributed by atoms with Crippen LogP contribution < -0.4 is 5.73 Å². The Morgan fingerprint density at radius 1 is 1.05 bits per heavy atom. The van der Waals surface area contributed by atoms with Crippen LogP contribution in [0.1, 0.15) is 29.9 Å². The average molecular weight is 316 g/mol. The molecule has 2 unspecified atom stereocenters. The van der Waals surface area contributed by atoms with Crippen molar-refractivity contribution in [2.24, 2.45) is 5.73 Å². The standard InChI is InChI=1S/C17H18BrN/c18-15-8-6-14(7-9-15)16-12-17(16,19)11-10-13-4-2-1-3-5-13/h1-9,16H,10-12,19H2. The molecule has 1 nitrogen and oxygen atoms in total. The molecule has 0 radical (unpaired) electrons. The van der Waals surface area contributed by atoms with Gasteiger partial charge < -0.3 is 5.73 Å². The molecule has 19 heavy (non-hydrogen) atoms. The highest BCUT2D eigenvalue weighted by molar-refractivity contribution is 9.10. The second-order valence-electron chi connectivity index (χ2n) is 5.53. The lowest BCUT2D eigenvalue weighted by atomic mass is 10.00. The van der Waals surface area contributed by atoms with E-state index in [4.69, 9.17) is 5.73 Å². The van der Waals surface area contributed by atoms with Crippen LogP contribution in [-0.4, -0.2) is 5.54 Å². The predicted molar refractivity (Wildman–Crippen MR) is 83.2 cm³/mol. The van der Waals surface area contributed by atoms with E-state index in [1.807, 2.05) is 0 Å². The lowest BCUT2D eigenvalue weighted by Crippen LogP contribution is -2.25. The Labute approximate surface area is 123 Å². The number of halogens is 1. The quantitative estimate of drug-likeness (QED) is 0.896.